The molecule has 1 heterocycles. The molecular weight excluding hydrogens is 412 g/mol. The van der Waals surface area contributed by atoms with Crippen molar-refractivity contribution in [3.05, 3.63) is 59.1 Å². The van der Waals surface area contributed by atoms with Gasteiger partial charge in [-0.05, 0) is 67.6 Å². The molecule has 0 radical (unpaired) electrons. The average molecular weight is 435 g/mol. The fourth-order valence-electron chi connectivity index (χ4n) is 3.64. The summed E-state index contributed by atoms with van der Waals surface area (Å²) < 4.78 is 33.1. The fourth-order valence-corrected chi connectivity index (χ4v) is 4.82. The molecule has 2 fully saturated rings. The van der Waals surface area contributed by atoms with Crippen LogP contribution in [0.4, 0.5) is 5.69 Å². The number of rotatable bonds is 7. The Morgan fingerprint density at radius 3 is 2.38 bits per heavy atom. The van der Waals surface area contributed by atoms with Crippen LogP contribution in [0.2, 0.25) is 5.02 Å². The maximum atomic E-state index is 12.7. The van der Waals surface area contributed by atoms with Gasteiger partial charge in [-0.3, -0.25) is 9.52 Å². The first kappa shape index (κ1) is 20.2. The van der Waals surface area contributed by atoms with E-state index in [0.717, 1.165) is 37.9 Å². The molecule has 1 amide bonds. The number of hydrogen-bond donors (Lipinski definition) is 2. The van der Waals surface area contributed by atoms with Gasteiger partial charge in [0.05, 0.1) is 16.4 Å². The third kappa shape index (κ3) is 4.42. The summed E-state index contributed by atoms with van der Waals surface area (Å²) >= 11 is 5.82. The Kier molecular flexibility index (Phi) is 5.55. The van der Waals surface area contributed by atoms with E-state index in [1.807, 2.05) is 12.1 Å². The van der Waals surface area contributed by atoms with Crippen molar-refractivity contribution in [2.24, 2.45) is 0 Å². The SMILES string of the molecule is O=C(NC[C@@H]1CCCO1)C1(c2ccc(NS(=O)(=O)c3ccc(Cl)cc3)cc2)CC1. The zero-order valence-corrected chi connectivity index (χ0v) is 17.4. The minimum Gasteiger partial charge on any atom is -0.376 e. The van der Waals surface area contributed by atoms with Crippen LogP contribution in [0.15, 0.2) is 53.4 Å². The van der Waals surface area contributed by atoms with Crippen molar-refractivity contribution >= 4 is 33.2 Å². The Morgan fingerprint density at radius 2 is 1.79 bits per heavy atom. The van der Waals surface area contributed by atoms with Gasteiger partial charge in [0.15, 0.2) is 0 Å². The van der Waals surface area contributed by atoms with Crippen LogP contribution in [-0.4, -0.2) is 33.6 Å². The number of halogens is 1. The number of hydrogen-bond acceptors (Lipinski definition) is 4. The van der Waals surface area contributed by atoms with Crippen LogP contribution >= 0.6 is 11.6 Å². The fraction of sp³-hybridized carbons (Fsp3) is 0.381. The lowest BCUT2D eigenvalue weighted by Gasteiger charge is -2.18. The first-order valence-corrected chi connectivity index (χ1v) is 11.5. The van der Waals surface area contributed by atoms with Crippen molar-refractivity contribution in [2.75, 3.05) is 17.9 Å². The molecule has 4 rings (SSSR count). The lowest BCUT2D eigenvalue weighted by atomic mass is 9.94. The summed E-state index contributed by atoms with van der Waals surface area (Å²) in [5.74, 6) is 0.0162. The highest BCUT2D eigenvalue weighted by Crippen LogP contribution is 2.48. The summed E-state index contributed by atoms with van der Waals surface area (Å²) in [6.07, 6.45) is 3.72. The number of ether oxygens (including phenoxy) is 1. The van der Waals surface area contributed by atoms with Crippen LogP contribution in [0.5, 0.6) is 0 Å². The van der Waals surface area contributed by atoms with E-state index in [1.165, 1.54) is 24.3 Å². The zero-order chi connectivity index (χ0) is 20.5. The van der Waals surface area contributed by atoms with Gasteiger partial charge in [0.25, 0.3) is 10.0 Å². The number of carbonyl (C=O) groups excluding carboxylic acids is 1. The molecule has 0 aromatic heterocycles. The van der Waals surface area contributed by atoms with Crippen LogP contribution in [0.3, 0.4) is 0 Å². The molecular formula is C21H23ClN2O4S. The summed E-state index contributed by atoms with van der Waals surface area (Å²) in [5.41, 5.74) is 0.836. The number of amides is 1. The molecule has 0 unspecified atom stereocenters. The molecule has 6 nitrogen and oxygen atoms in total. The highest BCUT2D eigenvalue weighted by molar-refractivity contribution is 7.92. The lowest BCUT2D eigenvalue weighted by molar-refractivity contribution is -0.124. The van der Waals surface area contributed by atoms with Gasteiger partial charge in [0.1, 0.15) is 0 Å². The van der Waals surface area contributed by atoms with Crippen LogP contribution < -0.4 is 10.0 Å². The average Bonchev–Trinajstić information content (AvgIpc) is 3.35. The number of benzene rings is 2. The van der Waals surface area contributed by atoms with Crippen molar-refractivity contribution in [1.82, 2.24) is 5.32 Å². The van der Waals surface area contributed by atoms with Gasteiger partial charge >= 0.3 is 0 Å². The lowest BCUT2D eigenvalue weighted by Crippen LogP contribution is -2.39. The molecule has 1 aliphatic heterocycles. The Morgan fingerprint density at radius 1 is 1.10 bits per heavy atom. The molecule has 1 aliphatic carbocycles. The van der Waals surface area contributed by atoms with Crippen LogP contribution in [-0.2, 0) is 25.0 Å². The van der Waals surface area contributed by atoms with Crippen molar-refractivity contribution in [1.29, 1.82) is 0 Å². The molecule has 2 N–H and O–H groups in total. The molecule has 8 heteroatoms. The van der Waals surface area contributed by atoms with Crippen molar-refractivity contribution < 1.29 is 17.9 Å². The summed E-state index contributed by atoms with van der Waals surface area (Å²) in [5, 5.41) is 3.49. The third-order valence-electron chi connectivity index (χ3n) is 5.51. The normalized spacial score (nSPS) is 20.2. The second-order valence-electron chi connectivity index (χ2n) is 7.56. The molecule has 1 atom stereocenters. The van der Waals surface area contributed by atoms with Gasteiger partial charge in [0.2, 0.25) is 5.91 Å². The largest absolute Gasteiger partial charge is 0.376 e. The van der Waals surface area contributed by atoms with E-state index in [4.69, 9.17) is 16.3 Å². The summed E-state index contributed by atoms with van der Waals surface area (Å²) in [7, 11) is -3.70. The van der Waals surface area contributed by atoms with E-state index in [1.54, 1.807) is 12.1 Å². The summed E-state index contributed by atoms with van der Waals surface area (Å²) in [4.78, 5) is 12.9. The van der Waals surface area contributed by atoms with Crippen LogP contribution in [0.1, 0.15) is 31.2 Å². The molecule has 154 valence electrons. The standard InChI is InChI=1S/C21H23ClN2O4S/c22-16-5-9-19(10-6-16)29(26,27)24-17-7-3-15(4-8-17)21(11-12-21)20(25)23-14-18-2-1-13-28-18/h3-10,18,24H,1-2,11-14H2,(H,23,25)/t18-/m0/s1. The second-order valence-corrected chi connectivity index (χ2v) is 9.68. The molecule has 2 aromatic rings. The highest BCUT2D eigenvalue weighted by Gasteiger charge is 2.51. The van der Waals surface area contributed by atoms with E-state index in [0.29, 0.717) is 17.3 Å². The Labute approximate surface area is 175 Å². The van der Waals surface area contributed by atoms with Gasteiger partial charge in [-0.1, -0.05) is 23.7 Å². The monoisotopic (exact) mass is 434 g/mol. The Hall–Kier alpha value is -2.09. The number of nitrogens with one attached hydrogen (secondary N) is 2. The number of anilines is 1. The molecule has 0 bridgehead atoms. The predicted octanol–water partition coefficient (Wildman–Crippen LogP) is 3.47. The first-order valence-electron chi connectivity index (χ1n) is 9.68. The van der Waals surface area contributed by atoms with Gasteiger partial charge in [0, 0.05) is 23.9 Å². The molecule has 29 heavy (non-hydrogen) atoms. The molecule has 2 aromatic carbocycles. The highest BCUT2D eigenvalue weighted by atomic mass is 35.5. The van der Waals surface area contributed by atoms with Gasteiger partial charge in [-0.15, -0.1) is 0 Å². The van der Waals surface area contributed by atoms with Gasteiger partial charge < -0.3 is 10.1 Å². The molecule has 2 aliphatic rings. The summed E-state index contributed by atoms with van der Waals surface area (Å²) in [6.45, 7) is 1.30. The topological polar surface area (TPSA) is 84.5 Å². The first-order chi connectivity index (χ1) is 13.9. The minimum absolute atomic E-state index is 0.0162. The minimum atomic E-state index is -3.70. The van der Waals surface area contributed by atoms with E-state index in [9.17, 15) is 13.2 Å². The van der Waals surface area contributed by atoms with Crippen LogP contribution in [0.25, 0.3) is 0 Å². The van der Waals surface area contributed by atoms with E-state index in [-0.39, 0.29) is 16.9 Å². The smallest absolute Gasteiger partial charge is 0.261 e. The molecule has 0 spiro atoms. The Balaban J connectivity index is 1.42. The van der Waals surface area contributed by atoms with E-state index >= 15 is 0 Å². The second kappa shape index (κ2) is 7.97. The predicted molar refractivity (Wildman–Crippen MR) is 112 cm³/mol. The molecule has 1 saturated heterocycles. The maximum absolute atomic E-state index is 12.7. The number of sulfonamides is 1. The zero-order valence-electron chi connectivity index (χ0n) is 15.9. The van der Waals surface area contributed by atoms with E-state index < -0.39 is 15.4 Å². The van der Waals surface area contributed by atoms with Crippen molar-refractivity contribution in [3.8, 4) is 0 Å². The maximum Gasteiger partial charge on any atom is 0.261 e. The third-order valence-corrected chi connectivity index (χ3v) is 7.16. The van der Waals surface area contributed by atoms with E-state index in [2.05, 4.69) is 10.0 Å². The quantitative estimate of drug-likeness (QED) is 0.698. The van der Waals surface area contributed by atoms with Crippen LogP contribution in [0, 0.1) is 0 Å². The van der Waals surface area contributed by atoms with Crippen molar-refractivity contribution in [3.63, 3.8) is 0 Å². The van der Waals surface area contributed by atoms with Gasteiger partial charge in [-0.25, -0.2) is 8.42 Å². The molecule has 1 saturated carbocycles. The van der Waals surface area contributed by atoms with Crippen molar-refractivity contribution in [2.45, 2.75) is 42.1 Å². The van der Waals surface area contributed by atoms with Gasteiger partial charge in [-0.2, -0.15) is 0 Å². The number of carbonyl (C=O) groups is 1. The summed E-state index contributed by atoms with van der Waals surface area (Å²) in [6, 6.07) is 13.0. The Bertz CT molecular complexity index is 980.